The van der Waals surface area contributed by atoms with E-state index in [0.717, 1.165) is 26.2 Å². The van der Waals surface area contributed by atoms with E-state index in [0.29, 0.717) is 5.41 Å². The molecule has 0 heterocycles. The molecule has 0 spiro atoms. The smallest absolute Gasteiger partial charge is 0.0160 e. The molecule has 0 aliphatic heterocycles. The zero-order chi connectivity index (χ0) is 10.4. The number of nitrogens with two attached hydrogens (primary N) is 1. The second-order valence-corrected chi connectivity index (χ2v) is 4.53. The van der Waals surface area contributed by atoms with Crippen molar-refractivity contribution in [3.63, 3.8) is 0 Å². The van der Waals surface area contributed by atoms with E-state index in [1.54, 1.807) is 0 Å². The van der Waals surface area contributed by atoms with Crippen LogP contribution in [0.3, 0.4) is 0 Å². The topological polar surface area (TPSA) is 29.3 Å². The lowest BCUT2D eigenvalue weighted by Gasteiger charge is -2.33. The molecule has 82 valence electrons. The van der Waals surface area contributed by atoms with Crippen molar-refractivity contribution in [2.24, 2.45) is 11.1 Å². The van der Waals surface area contributed by atoms with Crippen molar-refractivity contribution in [2.45, 2.75) is 32.6 Å². The monoisotopic (exact) mass is 196 g/mol. The minimum Gasteiger partial charge on any atom is -0.330 e. The highest BCUT2D eigenvalue weighted by Crippen LogP contribution is 2.37. The van der Waals surface area contributed by atoms with E-state index >= 15 is 0 Å². The van der Waals surface area contributed by atoms with Crippen LogP contribution in [0.1, 0.15) is 32.6 Å². The summed E-state index contributed by atoms with van der Waals surface area (Å²) in [6.07, 6.45) is 7.35. The summed E-state index contributed by atoms with van der Waals surface area (Å²) in [6.45, 7) is 10.1. The summed E-state index contributed by atoms with van der Waals surface area (Å²) in [5.74, 6) is 0. The van der Waals surface area contributed by atoms with Crippen LogP contribution in [0, 0.1) is 5.41 Å². The molecule has 1 rings (SSSR count). The van der Waals surface area contributed by atoms with Gasteiger partial charge < -0.3 is 5.73 Å². The van der Waals surface area contributed by atoms with Crippen LogP contribution in [0.4, 0.5) is 0 Å². The standard InChI is InChI=1S/C12H24N2/c1-3-9-14(4-2)11-12(10-13)7-5-6-8-12/h3H,1,4-11,13H2,2H3. The zero-order valence-corrected chi connectivity index (χ0v) is 9.47. The predicted octanol–water partition coefficient (Wildman–Crippen LogP) is 2.01. The van der Waals surface area contributed by atoms with Crippen molar-refractivity contribution < 1.29 is 0 Å². The lowest BCUT2D eigenvalue weighted by Crippen LogP contribution is -2.41. The summed E-state index contributed by atoms with van der Waals surface area (Å²) in [4.78, 5) is 2.45. The zero-order valence-electron chi connectivity index (χ0n) is 9.47. The lowest BCUT2D eigenvalue weighted by atomic mass is 9.85. The normalized spacial score (nSPS) is 20.2. The van der Waals surface area contributed by atoms with Crippen LogP contribution in [-0.2, 0) is 0 Å². The summed E-state index contributed by atoms with van der Waals surface area (Å²) in [5.41, 5.74) is 6.33. The number of hydrogen-bond acceptors (Lipinski definition) is 2. The fourth-order valence-corrected chi connectivity index (χ4v) is 2.51. The van der Waals surface area contributed by atoms with Crippen LogP contribution in [0.25, 0.3) is 0 Å². The van der Waals surface area contributed by atoms with Gasteiger partial charge in [-0.2, -0.15) is 0 Å². The van der Waals surface area contributed by atoms with Gasteiger partial charge >= 0.3 is 0 Å². The first-order valence-corrected chi connectivity index (χ1v) is 5.79. The van der Waals surface area contributed by atoms with Gasteiger partial charge in [0, 0.05) is 13.1 Å². The molecule has 14 heavy (non-hydrogen) atoms. The molecule has 2 N–H and O–H groups in total. The Balaban J connectivity index is 2.48. The van der Waals surface area contributed by atoms with Gasteiger partial charge in [0.1, 0.15) is 0 Å². The largest absolute Gasteiger partial charge is 0.330 e. The second kappa shape index (κ2) is 5.52. The predicted molar refractivity (Wildman–Crippen MR) is 62.3 cm³/mol. The highest BCUT2D eigenvalue weighted by Gasteiger charge is 2.33. The summed E-state index contributed by atoms with van der Waals surface area (Å²) in [5, 5.41) is 0. The first-order chi connectivity index (χ1) is 6.76. The molecule has 0 aromatic carbocycles. The number of rotatable bonds is 6. The Labute approximate surface area is 88.2 Å². The molecule has 0 saturated heterocycles. The van der Waals surface area contributed by atoms with E-state index in [4.69, 9.17) is 5.73 Å². The molecule has 1 fully saturated rings. The van der Waals surface area contributed by atoms with E-state index in [1.165, 1.54) is 25.7 Å². The van der Waals surface area contributed by atoms with Gasteiger partial charge in [0.05, 0.1) is 0 Å². The number of likely N-dealkylation sites (N-methyl/N-ethyl adjacent to an activating group) is 1. The molecular weight excluding hydrogens is 172 g/mol. The van der Waals surface area contributed by atoms with Crippen molar-refractivity contribution >= 4 is 0 Å². The molecule has 2 heteroatoms. The Morgan fingerprint density at radius 3 is 2.50 bits per heavy atom. The highest BCUT2D eigenvalue weighted by molar-refractivity contribution is 4.89. The van der Waals surface area contributed by atoms with E-state index in [2.05, 4.69) is 18.4 Å². The fraction of sp³-hybridized carbons (Fsp3) is 0.833. The van der Waals surface area contributed by atoms with E-state index < -0.39 is 0 Å². The van der Waals surface area contributed by atoms with Crippen LogP contribution in [0.5, 0.6) is 0 Å². The summed E-state index contributed by atoms with van der Waals surface area (Å²) >= 11 is 0. The third-order valence-electron chi connectivity index (χ3n) is 3.49. The van der Waals surface area contributed by atoms with Crippen molar-refractivity contribution in [3.05, 3.63) is 12.7 Å². The van der Waals surface area contributed by atoms with Crippen LogP contribution >= 0.6 is 0 Å². The quantitative estimate of drug-likeness (QED) is 0.658. The van der Waals surface area contributed by atoms with Crippen LogP contribution in [-0.4, -0.2) is 31.1 Å². The van der Waals surface area contributed by atoms with Crippen molar-refractivity contribution in [1.29, 1.82) is 0 Å². The maximum Gasteiger partial charge on any atom is 0.0160 e. The SMILES string of the molecule is C=CCN(CC)CC1(CN)CCCC1. The molecule has 1 aliphatic rings. The maximum atomic E-state index is 5.92. The Morgan fingerprint density at radius 1 is 1.43 bits per heavy atom. The van der Waals surface area contributed by atoms with Gasteiger partial charge in [-0.15, -0.1) is 6.58 Å². The van der Waals surface area contributed by atoms with Gasteiger partial charge in [0.15, 0.2) is 0 Å². The Hall–Kier alpha value is -0.340. The van der Waals surface area contributed by atoms with Crippen molar-refractivity contribution in [1.82, 2.24) is 4.90 Å². The van der Waals surface area contributed by atoms with Gasteiger partial charge in [0.2, 0.25) is 0 Å². The summed E-state index contributed by atoms with van der Waals surface area (Å²) < 4.78 is 0. The lowest BCUT2D eigenvalue weighted by molar-refractivity contribution is 0.176. The number of nitrogens with zero attached hydrogens (tertiary/aromatic N) is 1. The van der Waals surface area contributed by atoms with Crippen LogP contribution < -0.4 is 5.73 Å². The van der Waals surface area contributed by atoms with Gasteiger partial charge in [-0.3, -0.25) is 4.90 Å². The third kappa shape index (κ3) is 2.82. The van der Waals surface area contributed by atoms with Gasteiger partial charge in [-0.1, -0.05) is 25.8 Å². The molecule has 0 amide bonds. The molecule has 0 atom stereocenters. The third-order valence-corrected chi connectivity index (χ3v) is 3.49. The summed E-state index contributed by atoms with van der Waals surface area (Å²) in [7, 11) is 0. The molecule has 0 unspecified atom stereocenters. The minimum absolute atomic E-state index is 0.416. The molecule has 0 radical (unpaired) electrons. The van der Waals surface area contributed by atoms with E-state index in [-0.39, 0.29) is 0 Å². The first-order valence-electron chi connectivity index (χ1n) is 5.79. The fourth-order valence-electron chi connectivity index (χ4n) is 2.51. The molecule has 0 aromatic heterocycles. The van der Waals surface area contributed by atoms with Crippen LogP contribution in [0.15, 0.2) is 12.7 Å². The molecule has 1 saturated carbocycles. The number of hydrogen-bond donors (Lipinski definition) is 1. The summed E-state index contributed by atoms with van der Waals surface area (Å²) in [6, 6.07) is 0. The Bertz CT molecular complexity index is 171. The molecule has 0 bridgehead atoms. The van der Waals surface area contributed by atoms with Gasteiger partial charge in [-0.25, -0.2) is 0 Å². The molecule has 2 nitrogen and oxygen atoms in total. The van der Waals surface area contributed by atoms with Gasteiger partial charge in [0.25, 0.3) is 0 Å². The highest BCUT2D eigenvalue weighted by atomic mass is 15.1. The minimum atomic E-state index is 0.416. The average molecular weight is 196 g/mol. The van der Waals surface area contributed by atoms with Crippen LogP contribution in [0.2, 0.25) is 0 Å². The maximum absolute atomic E-state index is 5.92. The van der Waals surface area contributed by atoms with E-state index in [1.807, 2.05) is 6.08 Å². The average Bonchev–Trinajstić information content (AvgIpc) is 2.66. The Morgan fingerprint density at radius 2 is 2.07 bits per heavy atom. The van der Waals surface area contributed by atoms with Gasteiger partial charge in [-0.05, 0) is 31.3 Å². The van der Waals surface area contributed by atoms with Crippen molar-refractivity contribution in [2.75, 3.05) is 26.2 Å². The Kier molecular flexibility index (Phi) is 4.63. The molecular formula is C12H24N2. The molecule has 0 aromatic rings. The molecule has 1 aliphatic carbocycles. The second-order valence-electron chi connectivity index (χ2n) is 4.53. The first kappa shape index (κ1) is 11.7. The van der Waals surface area contributed by atoms with E-state index in [9.17, 15) is 0 Å². The van der Waals surface area contributed by atoms with Crippen molar-refractivity contribution in [3.8, 4) is 0 Å².